The maximum Gasteiger partial charge on any atom is 0.217 e. The molecule has 0 rings (SSSR count). The fourth-order valence-electron chi connectivity index (χ4n) is 1.92. The molecule has 0 spiro atoms. The van der Waals surface area contributed by atoms with Gasteiger partial charge < -0.3 is 56.7 Å². The lowest BCUT2D eigenvalue weighted by atomic mass is 9.97. The Kier molecular flexibility index (Phi) is 15.2. The normalized spacial score (nSPS) is 18.9. The van der Waals surface area contributed by atoms with E-state index in [1.165, 1.54) is 0 Å². The second-order valence-electron chi connectivity index (χ2n) is 6.27. The number of amides is 1. The number of nitrogens with two attached hydrogens (primary N) is 1. The summed E-state index contributed by atoms with van der Waals surface area (Å²) in [4.78, 5) is 42.7. The van der Waals surface area contributed by atoms with Crippen molar-refractivity contribution in [2.45, 2.75) is 62.6 Å². The summed E-state index contributed by atoms with van der Waals surface area (Å²) in [7, 11) is 0. The number of hydrogen-bond acceptors (Lipinski definition) is 13. The summed E-state index contributed by atoms with van der Waals surface area (Å²) in [6.45, 7) is 0.560. The molecule has 0 aromatic carbocycles. The van der Waals surface area contributed by atoms with Crippen molar-refractivity contribution in [3.05, 3.63) is 0 Å². The summed E-state index contributed by atoms with van der Waals surface area (Å²) in [5, 5.41) is 74.0. The zero-order chi connectivity index (χ0) is 24.2. The Bertz CT molecular complexity index is 540. The molecular formula is C16H30N2O12. The van der Waals surface area contributed by atoms with Crippen molar-refractivity contribution < 1.29 is 60.0 Å². The molecule has 0 aliphatic carbocycles. The van der Waals surface area contributed by atoms with Crippen molar-refractivity contribution in [2.75, 3.05) is 13.2 Å². The molecule has 0 aromatic heterocycles. The average molecular weight is 442 g/mol. The van der Waals surface area contributed by atoms with Crippen molar-refractivity contribution in [3.8, 4) is 0 Å². The Labute approximate surface area is 171 Å². The second-order valence-corrected chi connectivity index (χ2v) is 6.27. The summed E-state index contributed by atoms with van der Waals surface area (Å²) >= 11 is 0. The van der Waals surface area contributed by atoms with Crippen LogP contribution in [0.3, 0.4) is 0 Å². The SMILES string of the molecule is CC(=O)C(=O)[C@H](N)[C@@H](O)[C@H](O)[C@H](O)CO.CC(=O)N[C@@H](C=O)[C@@H](O)[C@H](O)[C@H](O)CO. The Morgan fingerprint density at radius 1 is 0.833 bits per heavy atom. The quantitative estimate of drug-likeness (QED) is 0.0995. The first kappa shape index (κ1) is 30.3. The number of carbonyl (C=O) groups excluding carboxylic acids is 4. The maximum absolute atomic E-state index is 11.0. The highest BCUT2D eigenvalue weighted by atomic mass is 16.4. The van der Waals surface area contributed by atoms with Crippen LogP contribution < -0.4 is 11.1 Å². The standard InChI is InChI=1S/2C8H15NO6/c1-4(12)9-5(2-10)7(14)8(15)6(13)3-11;1-3(11)6(13)5(9)8(15)7(14)4(12)2-10/h2,5-8,11,13-15H,3H2,1H3,(H,9,12);4-5,7-8,10,12,14-15H,2,9H2,1H3/t5-,6+,7+,8+;4-,5+,7-,8-/m01/s1. The van der Waals surface area contributed by atoms with Gasteiger partial charge in [0.1, 0.15) is 55.0 Å². The summed E-state index contributed by atoms with van der Waals surface area (Å²) in [5.74, 6) is -2.46. The fraction of sp³-hybridized carbons (Fsp3) is 0.750. The van der Waals surface area contributed by atoms with Gasteiger partial charge in [-0.3, -0.25) is 14.4 Å². The van der Waals surface area contributed by atoms with E-state index in [0.717, 1.165) is 13.8 Å². The molecule has 176 valence electrons. The topological polar surface area (TPSA) is 268 Å². The van der Waals surface area contributed by atoms with Crippen molar-refractivity contribution in [2.24, 2.45) is 5.73 Å². The molecule has 11 N–H and O–H groups in total. The minimum absolute atomic E-state index is 0.235. The van der Waals surface area contributed by atoms with E-state index in [4.69, 9.17) is 26.2 Å². The van der Waals surface area contributed by atoms with Gasteiger partial charge in [-0.05, 0) is 0 Å². The van der Waals surface area contributed by atoms with Crippen LogP contribution in [0.2, 0.25) is 0 Å². The third-order valence-corrected chi connectivity index (χ3v) is 3.76. The van der Waals surface area contributed by atoms with Gasteiger partial charge in [0, 0.05) is 13.8 Å². The molecule has 0 aliphatic rings. The molecule has 0 radical (unpaired) electrons. The van der Waals surface area contributed by atoms with Crippen LogP contribution in [0, 0.1) is 0 Å². The van der Waals surface area contributed by atoms with Crippen molar-refractivity contribution in [3.63, 3.8) is 0 Å². The monoisotopic (exact) mass is 442 g/mol. The molecule has 0 unspecified atom stereocenters. The maximum atomic E-state index is 11.0. The minimum atomic E-state index is -1.80. The van der Waals surface area contributed by atoms with Crippen LogP contribution in [0.4, 0.5) is 0 Å². The van der Waals surface area contributed by atoms with Crippen LogP contribution in [0.15, 0.2) is 0 Å². The van der Waals surface area contributed by atoms with Gasteiger partial charge in [-0.25, -0.2) is 0 Å². The number of carbonyl (C=O) groups is 4. The number of aliphatic hydroxyl groups is 8. The summed E-state index contributed by atoms with van der Waals surface area (Å²) < 4.78 is 0. The van der Waals surface area contributed by atoms with Crippen molar-refractivity contribution in [1.29, 1.82) is 0 Å². The van der Waals surface area contributed by atoms with Gasteiger partial charge in [-0.2, -0.15) is 0 Å². The first-order valence-corrected chi connectivity index (χ1v) is 8.59. The molecule has 8 atom stereocenters. The zero-order valence-corrected chi connectivity index (χ0v) is 16.4. The third-order valence-electron chi connectivity index (χ3n) is 3.76. The first-order chi connectivity index (χ1) is 13.8. The van der Waals surface area contributed by atoms with E-state index in [9.17, 15) is 39.6 Å². The Morgan fingerprint density at radius 3 is 1.53 bits per heavy atom. The van der Waals surface area contributed by atoms with Crippen LogP contribution in [0.25, 0.3) is 0 Å². The van der Waals surface area contributed by atoms with Crippen LogP contribution >= 0.6 is 0 Å². The van der Waals surface area contributed by atoms with E-state index >= 15 is 0 Å². The smallest absolute Gasteiger partial charge is 0.217 e. The predicted octanol–water partition coefficient (Wildman–Crippen LogP) is -6.69. The lowest BCUT2D eigenvalue weighted by molar-refractivity contribution is -0.141. The van der Waals surface area contributed by atoms with Gasteiger partial charge >= 0.3 is 0 Å². The van der Waals surface area contributed by atoms with E-state index in [1.807, 2.05) is 0 Å². The van der Waals surface area contributed by atoms with E-state index < -0.39 is 79.4 Å². The first-order valence-electron chi connectivity index (χ1n) is 8.59. The van der Waals surface area contributed by atoms with Gasteiger partial charge in [0.2, 0.25) is 11.7 Å². The summed E-state index contributed by atoms with van der Waals surface area (Å²) in [6.07, 6.45) is -9.93. The number of hydrogen-bond donors (Lipinski definition) is 10. The molecule has 30 heavy (non-hydrogen) atoms. The largest absolute Gasteiger partial charge is 0.394 e. The van der Waals surface area contributed by atoms with Crippen molar-refractivity contribution >= 4 is 23.8 Å². The third kappa shape index (κ3) is 10.2. The number of nitrogens with one attached hydrogen (secondary N) is 1. The Hall–Kier alpha value is -1.88. The van der Waals surface area contributed by atoms with E-state index in [-0.39, 0.29) is 6.29 Å². The Morgan fingerprint density at radius 2 is 1.23 bits per heavy atom. The van der Waals surface area contributed by atoms with Gasteiger partial charge in [0.15, 0.2) is 5.78 Å². The highest BCUT2D eigenvalue weighted by Gasteiger charge is 2.34. The summed E-state index contributed by atoms with van der Waals surface area (Å²) in [6, 6.07) is -2.93. The fourth-order valence-corrected chi connectivity index (χ4v) is 1.92. The number of aldehydes is 1. The van der Waals surface area contributed by atoms with Crippen LogP contribution in [-0.4, -0.2) is 127 Å². The number of ketones is 2. The van der Waals surface area contributed by atoms with E-state index in [0.29, 0.717) is 0 Å². The van der Waals surface area contributed by atoms with Crippen molar-refractivity contribution in [1.82, 2.24) is 5.32 Å². The number of Topliss-reactive ketones (excluding diaryl/α,β-unsaturated/α-hetero) is 2. The zero-order valence-electron chi connectivity index (χ0n) is 16.4. The average Bonchev–Trinajstić information content (AvgIpc) is 2.72. The molecule has 0 saturated heterocycles. The van der Waals surface area contributed by atoms with Gasteiger partial charge in [-0.15, -0.1) is 0 Å². The highest BCUT2D eigenvalue weighted by molar-refractivity contribution is 6.38. The van der Waals surface area contributed by atoms with E-state index in [2.05, 4.69) is 5.32 Å². The molecule has 0 aromatic rings. The highest BCUT2D eigenvalue weighted by Crippen LogP contribution is 2.05. The molecule has 0 bridgehead atoms. The van der Waals surface area contributed by atoms with Crippen LogP contribution in [0.1, 0.15) is 13.8 Å². The predicted molar refractivity (Wildman–Crippen MR) is 97.5 cm³/mol. The summed E-state index contributed by atoms with van der Waals surface area (Å²) in [5.41, 5.74) is 5.18. The molecule has 14 heteroatoms. The minimum Gasteiger partial charge on any atom is -0.394 e. The van der Waals surface area contributed by atoms with Crippen LogP contribution in [0.5, 0.6) is 0 Å². The number of rotatable bonds is 12. The molecule has 0 fully saturated rings. The molecule has 0 saturated carbocycles. The van der Waals surface area contributed by atoms with E-state index in [1.54, 1.807) is 0 Å². The number of aliphatic hydroxyl groups excluding tert-OH is 8. The molecule has 0 aliphatic heterocycles. The van der Waals surface area contributed by atoms with Gasteiger partial charge in [0.25, 0.3) is 0 Å². The Balaban J connectivity index is 0. The lowest BCUT2D eigenvalue weighted by Crippen LogP contribution is -2.54. The molecule has 0 heterocycles. The molecular weight excluding hydrogens is 412 g/mol. The van der Waals surface area contributed by atoms with Gasteiger partial charge in [0.05, 0.1) is 13.2 Å². The van der Waals surface area contributed by atoms with Crippen LogP contribution in [-0.2, 0) is 19.2 Å². The molecule has 1 amide bonds. The second kappa shape index (κ2) is 15.0. The van der Waals surface area contributed by atoms with Gasteiger partial charge in [-0.1, -0.05) is 0 Å². The lowest BCUT2D eigenvalue weighted by Gasteiger charge is -2.25. The molecule has 14 nitrogen and oxygen atoms in total.